The average molecular weight is 466 g/mol. The first kappa shape index (κ1) is 21.9. The monoisotopic (exact) mass is 465 g/mol. The van der Waals surface area contributed by atoms with Gasteiger partial charge in [-0.1, -0.05) is 36.4 Å². The van der Waals surface area contributed by atoms with Crippen molar-refractivity contribution in [2.24, 2.45) is 0 Å². The average Bonchev–Trinajstić information content (AvgIpc) is 3.49. The Morgan fingerprint density at radius 1 is 1.00 bits per heavy atom. The van der Waals surface area contributed by atoms with Gasteiger partial charge in [-0.25, -0.2) is 0 Å². The second-order valence-corrected chi connectivity index (χ2v) is 10.6. The third-order valence-corrected chi connectivity index (χ3v) is 8.02. The highest BCUT2D eigenvalue weighted by Crippen LogP contribution is 2.25. The quantitative estimate of drug-likeness (QED) is 0.552. The first-order valence-corrected chi connectivity index (χ1v) is 12.6. The third-order valence-electron chi connectivity index (χ3n) is 6.15. The summed E-state index contributed by atoms with van der Waals surface area (Å²) < 4.78 is 35.8. The molecule has 8 heteroatoms. The highest BCUT2D eigenvalue weighted by atomic mass is 32.2. The molecular formula is C25H27N3O4S. The van der Waals surface area contributed by atoms with Gasteiger partial charge in [0.2, 0.25) is 0 Å². The zero-order valence-corrected chi connectivity index (χ0v) is 19.1. The van der Waals surface area contributed by atoms with Crippen LogP contribution < -0.4 is 5.32 Å². The van der Waals surface area contributed by atoms with Gasteiger partial charge in [-0.05, 0) is 60.2 Å². The molecule has 0 bridgehead atoms. The topological polar surface area (TPSA) is 82.9 Å². The van der Waals surface area contributed by atoms with Gasteiger partial charge in [-0.3, -0.25) is 4.79 Å². The zero-order valence-electron chi connectivity index (χ0n) is 18.3. The molecule has 2 aliphatic rings. The lowest BCUT2D eigenvalue weighted by atomic mass is 10.0. The molecule has 5 rings (SSSR count). The molecular weight excluding hydrogens is 438 g/mol. The summed E-state index contributed by atoms with van der Waals surface area (Å²) in [6, 6.07) is 18.9. The number of nitrogens with one attached hydrogen (secondary N) is 1. The molecule has 1 aliphatic heterocycles. The molecule has 2 heterocycles. The van der Waals surface area contributed by atoms with E-state index in [1.54, 1.807) is 30.5 Å². The standard InChI is InChI=1S/C25H27N3O4S/c29-25(26-23-11-12-23)21-9-7-19(8-10-21)16-28(18-24-6-3-15-32-24)33(30,31)27-14-13-20-4-1-2-5-22(20)17-27/h1-10,15,23H,11-14,16-18H2,(H,26,29). The van der Waals surface area contributed by atoms with Gasteiger partial charge in [-0.2, -0.15) is 17.0 Å². The maximum Gasteiger partial charge on any atom is 0.283 e. The Hall–Kier alpha value is -2.94. The molecule has 0 radical (unpaired) electrons. The van der Waals surface area contributed by atoms with E-state index in [4.69, 9.17) is 4.42 Å². The second-order valence-electron chi connectivity index (χ2n) is 8.65. The van der Waals surface area contributed by atoms with E-state index in [1.807, 2.05) is 30.3 Å². The molecule has 0 unspecified atom stereocenters. The molecule has 0 saturated heterocycles. The lowest BCUT2D eigenvalue weighted by Gasteiger charge is -2.33. The number of hydrogen-bond acceptors (Lipinski definition) is 4. The second kappa shape index (κ2) is 9.13. The molecule has 0 atom stereocenters. The number of furan rings is 1. The van der Waals surface area contributed by atoms with Crippen LogP contribution in [0.5, 0.6) is 0 Å². The van der Waals surface area contributed by atoms with Gasteiger partial charge < -0.3 is 9.73 Å². The van der Waals surface area contributed by atoms with E-state index in [0.717, 1.165) is 24.0 Å². The summed E-state index contributed by atoms with van der Waals surface area (Å²) in [5.41, 5.74) is 3.63. The number of nitrogens with zero attached hydrogens (tertiary/aromatic N) is 2. The van der Waals surface area contributed by atoms with E-state index in [9.17, 15) is 13.2 Å². The Balaban J connectivity index is 1.36. The summed E-state index contributed by atoms with van der Waals surface area (Å²) >= 11 is 0. The Morgan fingerprint density at radius 3 is 2.45 bits per heavy atom. The number of carbonyl (C=O) groups is 1. The van der Waals surface area contributed by atoms with Crippen LogP contribution >= 0.6 is 0 Å². The van der Waals surface area contributed by atoms with E-state index in [2.05, 4.69) is 11.4 Å². The van der Waals surface area contributed by atoms with Crippen LogP contribution in [-0.2, 0) is 36.3 Å². The van der Waals surface area contributed by atoms with Crippen LogP contribution in [0.25, 0.3) is 0 Å². The molecule has 1 saturated carbocycles. The first-order valence-electron chi connectivity index (χ1n) is 11.2. The Kier molecular flexibility index (Phi) is 6.05. The van der Waals surface area contributed by atoms with Gasteiger partial charge in [0, 0.05) is 31.2 Å². The van der Waals surface area contributed by atoms with Crippen LogP contribution in [0.3, 0.4) is 0 Å². The van der Waals surface area contributed by atoms with Gasteiger partial charge in [-0.15, -0.1) is 0 Å². The van der Waals surface area contributed by atoms with Crippen molar-refractivity contribution in [3.63, 3.8) is 0 Å². The minimum Gasteiger partial charge on any atom is -0.468 e. The number of rotatable bonds is 8. The van der Waals surface area contributed by atoms with Crippen molar-refractivity contribution in [1.29, 1.82) is 0 Å². The van der Waals surface area contributed by atoms with E-state index in [-0.39, 0.29) is 19.0 Å². The minimum absolute atomic E-state index is 0.0869. The molecule has 0 spiro atoms. The smallest absolute Gasteiger partial charge is 0.283 e. The molecule has 1 N–H and O–H groups in total. The van der Waals surface area contributed by atoms with Crippen molar-refractivity contribution >= 4 is 16.1 Å². The van der Waals surface area contributed by atoms with Crippen LogP contribution in [-0.4, -0.2) is 35.5 Å². The molecule has 3 aromatic rings. The molecule has 1 aromatic heterocycles. The lowest BCUT2D eigenvalue weighted by molar-refractivity contribution is 0.0951. The van der Waals surface area contributed by atoms with Crippen LogP contribution in [0.2, 0.25) is 0 Å². The normalized spacial score (nSPS) is 16.5. The Bertz CT molecular complexity index is 1220. The molecule has 172 valence electrons. The fourth-order valence-corrected chi connectivity index (χ4v) is 5.64. The number of fused-ring (bicyclic) bond motifs is 1. The zero-order chi connectivity index (χ0) is 22.8. The van der Waals surface area contributed by atoms with Gasteiger partial charge in [0.25, 0.3) is 16.1 Å². The van der Waals surface area contributed by atoms with Crippen molar-refractivity contribution in [2.75, 3.05) is 6.54 Å². The van der Waals surface area contributed by atoms with E-state index >= 15 is 0 Å². The number of carbonyl (C=O) groups excluding carboxylic acids is 1. The summed E-state index contributed by atoms with van der Waals surface area (Å²) in [7, 11) is -3.75. The Morgan fingerprint density at radius 2 is 1.76 bits per heavy atom. The summed E-state index contributed by atoms with van der Waals surface area (Å²) in [5, 5.41) is 2.97. The van der Waals surface area contributed by atoms with Crippen LogP contribution in [0.1, 0.15) is 45.7 Å². The minimum atomic E-state index is -3.75. The fraction of sp³-hybridized carbons (Fsp3) is 0.320. The molecule has 1 fully saturated rings. The summed E-state index contributed by atoms with van der Waals surface area (Å²) in [6.07, 6.45) is 4.30. The fourth-order valence-electron chi connectivity index (χ4n) is 4.09. The largest absolute Gasteiger partial charge is 0.468 e. The van der Waals surface area contributed by atoms with Crippen LogP contribution in [0, 0.1) is 0 Å². The number of benzene rings is 2. The summed E-state index contributed by atoms with van der Waals surface area (Å²) in [6.45, 7) is 1.12. The van der Waals surface area contributed by atoms with Crippen molar-refractivity contribution in [3.8, 4) is 0 Å². The molecule has 7 nitrogen and oxygen atoms in total. The van der Waals surface area contributed by atoms with Gasteiger partial charge >= 0.3 is 0 Å². The summed E-state index contributed by atoms with van der Waals surface area (Å²) in [4.78, 5) is 12.3. The summed E-state index contributed by atoms with van der Waals surface area (Å²) in [5.74, 6) is 0.493. The predicted molar refractivity (Wildman–Crippen MR) is 124 cm³/mol. The van der Waals surface area contributed by atoms with Crippen molar-refractivity contribution in [2.45, 2.75) is 44.9 Å². The lowest BCUT2D eigenvalue weighted by Crippen LogP contribution is -2.45. The molecule has 1 aliphatic carbocycles. The van der Waals surface area contributed by atoms with Gasteiger partial charge in [0.05, 0.1) is 12.8 Å². The van der Waals surface area contributed by atoms with E-state index < -0.39 is 10.2 Å². The van der Waals surface area contributed by atoms with Crippen molar-refractivity contribution in [3.05, 3.63) is 94.9 Å². The van der Waals surface area contributed by atoms with E-state index in [0.29, 0.717) is 36.9 Å². The van der Waals surface area contributed by atoms with Gasteiger partial charge in [0.1, 0.15) is 5.76 Å². The van der Waals surface area contributed by atoms with Crippen LogP contribution in [0.4, 0.5) is 0 Å². The highest BCUT2D eigenvalue weighted by molar-refractivity contribution is 7.86. The number of hydrogen-bond donors (Lipinski definition) is 1. The molecule has 1 amide bonds. The van der Waals surface area contributed by atoms with Crippen molar-refractivity contribution < 1.29 is 17.6 Å². The highest BCUT2D eigenvalue weighted by Gasteiger charge is 2.33. The van der Waals surface area contributed by atoms with Crippen molar-refractivity contribution in [1.82, 2.24) is 13.9 Å². The maximum atomic E-state index is 13.7. The molecule has 33 heavy (non-hydrogen) atoms. The predicted octanol–water partition coefficient (Wildman–Crippen LogP) is 3.48. The third kappa shape index (κ3) is 5.03. The van der Waals surface area contributed by atoms with E-state index in [1.165, 1.54) is 14.2 Å². The SMILES string of the molecule is O=C(NC1CC1)c1ccc(CN(Cc2ccco2)S(=O)(=O)N2CCc3ccccc3C2)cc1. The first-order chi connectivity index (χ1) is 16.0. The van der Waals surface area contributed by atoms with Crippen LogP contribution in [0.15, 0.2) is 71.3 Å². The Labute approximate surface area is 194 Å². The van der Waals surface area contributed by atoms with Gasteiger partial charge in [0.15, 0.2) is 0 Å². The maximum absolute atomic E-state index is 13.7. The number of amides is 1. The molecule has 2 aromatic carbocycles.